The van der Waals surface area contributed by atoms with Crippen molar-refractivity contribution in [1.82, 2.24) is 4.31 Å². The Balaban J connectivity index is 1.44. The molecule has 0 N–H and O–H groups in total. The second-order valence-electron chi connectivity index (χ2n) is 9.86. The van der Waals surface area contributed by atoms with Gasteiger partial charge in [0.25, 0.3) is 0 Å². The van der Waals surface area contributed by atoms with Crippen LogP contribution in [0.5, 0.6) is 0 Å². The molecule has 3 fully saturated rings. The average Bonchev–Trinajstić information content (AvgIpc) is 2.76. The van der Waals surface area contributed by atoms with E-state index in [1.165, 1.54) is 4.31 Å². The number of rotatable bonds is 4. The number of hydrogen-bond acceptors (Lipinski definition) is 6. The Bertz CT molecular complexity index is 1090. The molecular weight excluding hydrogens is 454 g/mol. The van der Waals surface area contributed by atoms with Crippen LogP contribution in [0.4, 0.5) is 0 Å². The van der Waals surface area contributed by atoms with E-state index in [-0.39, 0.29) is 23.9 Å². The Hall–Kier alpha value is -2.05. The predicted molar refractivity (Wildman–Crippen MR) is 128 cm³/mol. The Labute approximate surface area is 202 Å². The number of ketones is 2. The summed E-state index contributed by atoms with van der Waals surface area (Å²) < 4.78 is 38.1. The zero-order valence-electron chi connectivity index (χ0n) is 20.2. The SMILES string of the molecule is CC#Cc1cc(C)c(C2C(=O)CC3(CCN(S(=O)(=O)CC4COCCO4)CC3)CC2=O)c(C)c1. The molecule has 1 atom stereocenters. The summed E-state index contributed by atoms with van der Waals surface area (Å²) in [7, 11) is -3.49. The van der Waals surface area contributed by atoms with E-state index in [0.717, 1.165) is 22.3 Å². The van der Waals surface area contributed by atoms with Gasteiger partial charge in [0.15, 0.2) is 0 Å². The summed E-state index contributed by atoms with van der Waals surface area (Å²) in [5, 5.41) is 0. The summed E-state index contributed by atoms with van der Waals surface area (Å²) in [5.41, 5.74) is 3.06. The number of Topliss-reactive ketones (excluding diaryl/α,β-unsaturated/α-hetero) is 2. The largest absolute Gasteiger partial charge is 0.376 e. The van der Waals surface area contributed by atoms with Crippen molar-refractivity contribution in [2.24, 2.45) is 5.41 Å². The van der Waals surface area contributed by atoms with Crippen molar-refractivity contribution in [1.29, 1.82) is 0 Å². The molecule has 1 aromatic rings. The third-order valence-electron chi connectivity index (χ3n) is 7.35. The van der Waals surface area contributed by atoms with Gasteiger partial charge >= 0.3 is 0 Å². The highest BCUT2D eigenvalue weighted by Crippen LogP contribution is 2.47. The van der Waals surface area contributed by atoms with E-state index in [2.05, 4.69) is 11.8 Å². The van der Waals surface area contributed by atoms with Gasteiger partial charge in [-0.25, -0.2) is 12.7 Å². The molecule has 2 saturated heterocycles. The number of carbonyl (C=O) groups is 2. The van der Waals surface area contributed by atoms with Gasteiger partial charge < -0.3 is 9.47 Å². The number of carbonyl (C=O) groups excluding carboxylic acids is 2. The lowest BCUT2D eigenvalue weighted by atomic mass is 9.63. The van der Waals surface area contributed by atoms with Crippen LogP contribution in [0, 0.1) is 31.1 Å². The van der Waals surface area contributed by atoms with Gasteiger partial charge in [-0.15, -0.1) is 5.92 Å². The molecule has 1 aliphatic carbocycles. The van der Waals surface area contributed by atoms with Gasteiger partial charge in [-0.05, 0) is 67.9 Å². The fourth-order valence-electron chi connectivity index (χ4n) is 5.72. The molecule has 34 heavy (non-hydrogen) atoms. The summed E-state index contributed by atoms with van der Waals surface area (Å²) in [4.78, 5) is 26.6. The Morgan fingerprint density at radius 1 is 1.06 bits per heavy atom. The molecule has 7 nitrogen and oxygen atoms in total. The molecule has 1 saturated carbocycles. The Kier molecular flexibility index (Phi) is 7.30. The van der Waals surface area contributed by atoms with Crippen molar-refractivity contribution in [3.63, 3.8) is 0 Å². The summed E-state index contributed by atoms with van der Waals surface area (Å²) >= 11 is 0. The minimum Gasteiger partial charge on any atom is -0.376 e. The predicted octanol–water partition coefficient (Wildman–Crippen LogP) is 2.52. The van der Waals surface area contributed by atoms with E-state index in [1.807, 2.05) is 26.0 Å². The monoisotopic (exact) mass is 487 g/mol. The highest BCUT2D eigenvalue weighted by atomic mass is 32.2. The van der Waals surface area contributed by atoms with Crippen LogP contribution < -0.4 is 0 Å². The third kappa shape index (κ3) is 5.13. The maximum Gasteiger partial charge on any atom is 0.216 e. The first-order chi connectivity index (χ1) is 16.1. The molecule has 4 rings (SSSR count). The third-order valence-corrected chi connectivity index (χ3v) is 9.30. The van der Waals surface area contributed by atoms with Gasteiger partial charge in [0, 0.05) is 31.5 Å². The fraction of sp³-hybridized carbons (Fsp3) is 0.615. The molecule has 2 heterocycles. The summed E-state index contributed by atoms with van der Waals surface area (Å²) in [6.45, 7) is 7.46. The quantitative estimate of drug-likeness (QED) is 0.479. The molecular formula is C26H33NO6S. The van der Waals surface area contributed by atoms with Crippen molar-refractivity contribution in [2.45, 2.75) is 58.5 Å². The lowest BCUT2D eigenvalue weighted by Crippen LogP contribution is -2.50. The second-order valence-corrected chi connectivity index (χ2v) is 11.9. The van der Waals surface area contributed by atoms with Gasteiger partial charge in [-0.3, -0.25) is 9.59 Å². The van der Waals surface area contributed by atoms with Crippen LogP contribution in [-0.4, -0.2) is 69.1 Å². The van der Waals surface area contributed by atoms with Crippen molar-refractivity contribution in [3.8, 4) is 11.8 Å². The van der Waals surface area contributed by atoms with Gasteiger partial charge in [-0.1, -0.05) is 5.92 Å². The topological polar surface area (TPSA) is 90.0 Å². The first kappa shape index (κ1) is 25.1. The maximum atomic E-state index is 13.3. The number of hydrogen-bond donors (Lipinski definition) is 0. The maximum absolute atomic E-state index is 13.3. The van der Waals surface area contributed by atoms with E-state index >= 15 is 0 Å². The highest BCUT2D eigenvalue weighted by Gasteiger charge is 2.48. The molecule has 3 aliphatic rings. The van der Waals surface area contributed by atoms with Crippen LogP contribution in [0.2, 0.25) is 0 Å². The van der Waals surface area contributed by atoms with Gasteiger partial charge in [-0.2, -0.15) is 0 Å². The number of sulfonamides is 1. The number of nitrogens with zero attached hydrogens (tertiary/aromatic N) is 1. The summed E-state index contributed by atoms with van der Waals surface area (Å²) in [6.07, 6.45) is 1.20. The Morgan fingerprint density at radius 3 is 2.21 bits per heavy atom. The van der Waals surface area contributed by atoms with E-state index in [4.69, 9.17) is 9.47 Å². The van der Waals surface area contributed by atoms with Gasteiger partial charge in [0.1, 0.15) is 17.5 Å². The van der Waals surface area contributed by atoms with Gasteiger partial charge in [0.2, 0.25) is 10.0 Å². The van der Waals surface area contributed by atoms with Crippen LogP contribution >= 0.6 is 0 Å². The van der Waals surface area contributed by atoms with Crippen molar-refractivity contribution in [3.05, 3.63) is 34.4 Å². The minimum atomic E-state index is -3.49. The average molecular weight is 488 g/mol. The van der Waals surface area contributed by atoms with Crippen LogP contribution in [0.15, 0.2) is 12.1 Å². The second kappa shape index (κ2) is 9.90. The lowest BCUT2D eigenvalue weighted by Gasteiger charge is -2.44. The molecule has 0 amide bonds. The van der Waals surface area contributed by atoms with Crippen LogP contribution in [0.25, 0.3) is 0 Å². The van der Waals surface area contributed by atoms with Crippen molar-refractivity contribution < 1.29 is 27.5 Å². The molecule has 2 aliphatic heterocycles. The first-order valence-corrected chi connectivity index (χ1v) is 13.5. The number of aryl methyl sites for hydroxylation is 2. The minimum absolute atomic E-state index is 0.0548. The fourth-order valence-corrected chi connectivity index (χ4v) is 7.33. The molecule has 184 valence electrons. The van der Waals surface area contributed by atoms with E-state index < -0.39 is 27.5 Å². The standard InChI is InChI=1S/C26H33NO6S/c1-4-5-20-12-18(2)24(19(3)13-20)25-22(28)14-26(15-23(25)29)6-8-27(9-7-26)34(30,31)17-21-16-32-10-11-33-21/h12-13,21,25H,6-11,14-17H2,1-3H3. The van der Waals surface area contributed by atoms with E-state index in [1.54, 1.807) is 6.92 Å². The van der Waals surface area contributed by atoms with Crippen LogP contribution in [0.3, 0.4) is 0 Å². The van der Waals surface area contributed by atoms with Crippen molar-refractivity contribution in [2.75, 3.05) is 38.7 Å². The number of benzene rings is 1. The summed E-state index contributed by atoms with van der Waals surface area (Å²) in [6, 6.07) is 3.88. The molecule has 1 aromatic carbocycles. The smallest absolute Gasteiger partial charge is 0.216 e. The zero-order chi connectivity index (χ0) is 24.5. The number of piperidine rings is 1. The molecule has 8 heteroatoms. The zero-order valence-corrected chi connectivity index (χ0v) is 21.0. The van der Waals surface area contributed by atoms with Gasteiger partial charge in [0.05, 0.1) is 31.7 Å². The Morgan fingerprint density at radius 2 is 1.68 bits per heavy atom. The molecule has 0 bridgehead atoms. The molecule has 0 aromatic heterocycles. The highest BCUT2D eigenvalue weighted by molar-refractivity contribution is 7.89. The molecule has 1 spiro atoms. The van der Waals surface area contributed by atoms with Crippen molar-refractivity contribution >= 4 is 21.6 Å². The number of ether oxygens (including phenoxy) is 2. The molecule has 0 radical (unpaired) electrons. The summed E-state index contributed by atoms with van der Waals surface area (Å²) in [5.74, 6) is 4.98. The van der Waals surface area contributed by atoms with E-state index in [0.29, 0.717) is 52.0 Å². The van der Waals surface area contributed by atoms with Crippen LogP contribution in [0.1, 0.15) is 60.8 Å². The lowest BCUT2D eigenvalue weighted by molar-refractivity contribution is -0.138. The first-order valence-electron chi connectivity index (χ1n) is 11.9. The molecule has 1 unspecified atom stereocenters. The van der Waals surface area contributed by atoms with E-state index in [9.17, 15) is 18.0 Å². The normalized spacial score (nSPS) is 24.1. The van der Waals surface area contributed by atoms with Crippen LogP contribution in [-0.2, 0) is 29.1 Å².